The van der Waals surface area contributed by atoms with Crippen LogP contribution in [0.3, 0.4) is 0 Å². The van der Waals surface area contributed by atoms with Crippen molar-refractivity contribution < 1.29 is 9.59 Å². The van der Waals surface area contributed by atoms with E-state index >= 15 is 0 Å². The number of nitrogens with one attached hydrogen (secondary N) is 3. The van der Waals surface area contributed by atoms with Crippen LogP contribution < -0.4 is 16.0 Å². The molecule has 0 aliphatic carbocycles. The lowest BCUT2D eigenvalue weighted by atomic mass is 10.1. The Morgan fingerprint density at radius 1 is 0.786 bits per heavy atom. The van der Waals surface area contributed by atoms with Crippen molar-refractivity contribution in [3.63, 3.8) is 0 Å². The van der Waals surface area contributed by atoms with Crippen LogP contribution in [-0.4, -0.2) is 22.0 Å². The lowest BCUT2D eigenvalue weighted by Gasteiger charge is -2.08. The number of aromatic nitrogens is 2. The lowest BCUT2D eigenvalue weighted by molar-refractivity contribution is -0.114. The monoisotopic (exact) mass is 375 g/mol. The highest BCUT2D eigenvalue weighted by molar-refractivity contribution is 6.03. The maximum atomic E-state index is 12.3. The van der Waals surface area contributed by atoms with E-state index in [4.69, 9.17) is 0 Å². The van der Waals surface area contributed by atoms with E-state index in [9.17, 15) is 9.59 Å². The molecule has 0 saturated carbocycles. The molecule has 2 amide bonds. The minimum atomic E-state index is -0.362. The Kier molecular flexibility index (Phi) is 5.96. The van der Waals surface area contributed by atoms with Crippen LogP contribution in [0.15, 0.2) is 60.7 Å². The molecule has 1 heterocycles. The molecular weight excluding hydrogens is 354 g/mol. The topological polar surface area (TPSA) is 96.0 Å². The van der Waals surface area contributed by atoms with Gasteiger partial charge in [0.2, 0.25) is 5.91 Å². The number of carbonyl (C=O) groups is 2. The minimum Gasteiger partial charge on any atom is -0.339 e. The highest BCUT2D eigenvalue weighted by atomic mass is 16.2. The number of rotatable bonds is 6. The first-order chi connectivity index (χ1) is 13.5. The second kappa shape index (κ2) is 8.77. The molecule has 3 rings (SSSR count). The van der Waals surface area contributed by atoms with Crippen LogP contribution in [0.2, 0.25) is 0 Å². The average molecular weight is 375 g/mol. The second-order valence-electron chi connectivity index (χ2n) is 6.19. The summed E-state index contributed by atoms with van der Waals surface area (Å²) in [5.74, 6) is 0.0427. The van der Waals surface area contributed by atoms with E-state index in [0.29, 0.717) is 17.2 Å². The minimum absolute atomic E-state index is 0.151. The molecule has 3 aromatic rings. The van der Waals surface area contributed by atoms with Gasteiger partial charge in [-0.05, 0) is 60.5 Å². The molecule has 0 unspecified atom stereocenters. The van der Waals surface area contributed by atoms with Crippen molar-refractivity contribution in [2.45, 2.75) is 20.3 Å². The average Bonchev–Trinajstić information content (AvgIpc) is 2.70. The molecular formula is C21H21N5O2. The highest BCUT2D eigenvalue weighted by Crippen LogP contribution is 2.16. The second-order valence-corrected chi connectivity index (χ2v) is 6.19. The van der Waals surface area contributed by atoms with Crippen molar-refractivity contribution in [2.24, 2.45) is 0 Å². The summed E-state index contributed by atoms with van der Waals surface area (Å²) in [6.45, 7) is 3.54. The summed E-state index contributed by atoms with van der Waals surface area (Å²) in [7, 11) is 0. The number of aryl methyl sites for hydroxylation is 1. The predicted molar refractivity (Wildman–Crippen MR) is 110 cm³/mol. The molecule has 2 aromatic carbocycles. The van der Waals surface area contributed by atoms with Gasteiger partial charge in [-0.3, -0.25) is 9.59 Å². The van der Waals surface area contributed by atoms with Gasteiger partial charge in [-0.15, -0.1) is 10.2 Å². The molecule has 0 radical (unpaired) electrons. The first-order valence-electron chi connectivity index (χ1n) is 8.92. The van der Waals surface area contributed by atoms with Gasteiger partial charge in [0, 0.05) is 24.0 Å². The first kappa shape index (κ1) is 19.0. The Hall–Kier alpha value is -3.74. The van der Waals surface area contributed by atoms with E-state index in [1.807, 2.05) is 12.1 Å². The van der Waals surface area contributed by atoms with Crippen molar-refractivity contribution in [1.82, 2.24) is 10.2 Å². The molecule has 0 atom stereocenters. The zero-order valence-corrected chi connectivity index (χ0v) is 15.7. The number of anilines is 4. The number of amides is 2. The van der Waals surface area contributed by atoms with E-state index in [-0.39, 0.29) is 17.5 Å². The van der Waals surface area contributed by atoms with Gasteiger partial charge >= 0.3 is 0 Å². The zero-order chi connectivity index (χ0) is 19.9. The van der Waals surface area contributed by atoms with Gasteiger partial charge in [0.25, 0.3) is 5.91 Å². The summed E-state index contributed by atoms with van der Waals surface area (Å²) < 4.78 is 0. The van der Waals surface area contributed by atoms with Gasteiger partial charge in [-0.2, -0.15) is 0 Å². The fourth-order valence-corrected chi connectivity index (χ4v) is 2.53. The van der Waals surface area contributed by atoms with Crippen molar-refractivity contribution >= 4 is 34.7 Å². The molecule has 7 nitrogen and oxygen atoms in total. The van der Waals surface area contributed by atoms with Gasteiger partial charge in [0.05, 0.1) is 0 Å². The van der Waals surface area contributed by atoms with Crippen LogP contribution in [0, 0.1) is 0 Å². The van der Waals surface area contributed by atoms with Gasteiger partial charge in [-0.1, -0.05) is 19.1 Å². The Labute approximate surface area is 163 Å². The van der Waals surface area contributed by atoms with Gasteiger partial charge in [0.1, 0.15) is 0 Å². The summed E-state index contributed by atoms with van der Waals surface area (Å²) >= 11 is 0. The highest BCUT2D eigenvalue weighted by Gasteiger charge is 2.09. The van der Waals surface area contributed by atoms with E-state index in [1.54, 1.807) is 36.4 Å². The number of hydrogen-bond donors (Lipinski definition) is 3. The van der Waals surface area contributed by atoms with E-state index < -0.39 is 0 Å². The lowest BCUT2D eigenvalue weighted by Crippen LogP contribution is -2.14. The number of nitrogens with zero attached hydrogens (tertiary/aromatic N) is 2. The summed E-state index contributed by atoms with van der Waals surface area (Å²) in [6, 6.07) is 18.2. The van der Waals surface area contributed by atoms with Crippen LogP contribution in [0.25, 0.3) is 0 Å². The smallest absolute Gasteiger partial charge is 0.276 e. The fraction of sp³-hybridized carbons (Fsp3) is 0.143. The molecule has 0 bridgehead atoms. The molecule has 0 saturated heterocycles. The maximum Gasteiger partial charge on any atom is 0.276 e. The normalized spacial score (nSPS) is 10.2. The van der Waals surface area contributed by atoms with E-state index in [1.165, 1.54) is 12.5 Å². The maximum absolute atomic E-state index is 12.3. The Bertz CT molecular complexity index is 952. The fourth-order valence-electron chi connectivity index (χ4n) is 2.53. The third kappa shape index (κ3) is 5.14. The molecule has 3 N–H and O–H groups in total. The van der Waals surface area contributed by atoms with Crippen LogP contribution in [0.4, 0.5) is 22.9 Å². The van der Waals surface area contributed by atoms with Crippen molar-refractivity contribution in [1.29, 1.82) is 0 Å². The predicted octanol–water partition coefficient (Wildman–Crippen LogP) is 3.99. The van der Waals surface area contributed by atoms with Gasteiger partial charge < -0.3 is 16.0 Å². The van der Waals surface area contributed by atoms with Crippen LogP contribution in [-0.2, 0) is 11.2 Å². The molecule has 28 heavy (non-hydrogen) atoms. The third-order valence-corrected chi connectivity index (χ3v) is 3.99. The Balaban J connectivity index is 1.60. The molecule has 0 fully saturated rings. The molecule has 1 aromatic heterocycles. The molecule has 0 spiro atoms. The zero-order valence-electron chi connectivity index (χ0n) is 15.7. The van der Waals surface area contributed by atoms with E-state index in [2.05, 4.69) is 45.2 Å². The van der Waals surface area contributed by atoms with Crippen molar-refractivity contribution in [3.05, 3.63) is 71.9 Å². The van der Waals surface area contributed by atoms with E-state index in [0.717, 1.165) is 12.1 Å². The van der Waals surface area contributed by atoms with Crippen LogP contribution in [0.5, 0.6) is 0 Å². The Morgan fingerprint density at radius 3 is 1.93 bits per heavy atom. The quantitative estimate of drug-likeness (QED) is 0.605. The van der Waals surface area contributed by atoms with Crippen LogP contribution in [0.1, 0.15) is 29.9 Å². The summed E-state index contributed by atoms with van der Waals surface area (Å²) in [6.07, 6.45) is 0.986. The van der Waals surface area contributed by atoms with Crippen LogP contribution >= 0.6 is 0 Å². The number of benzene rings is 2. The first-order valence-corrected chi connectivity index (χ1v) is 8.92. The summed E-state index contributed by atoms with van der Waals surface area (Å²) in [5, 5.41) is 16.6. The number of hydrogen-bond acceptors (Lipinski definition) is 5. The largest absolute Gasteiger partial charge is 0.339 e. The summed E-state index contributed by atoms with van der Waals surface area (Å²) in [5.41, 5.74) is 3.63. The standard InChI is InChI=1S/C21H21N5O2/c1-3-15-4-6-17(7-5-15)23-20-13-12-19(25-26-20)21(28)24-18-10-8-16(9-11-18)22-14(2)27/h4-13H,3H2,1-2H3,(H,22,27)(H,23,26)(H,24,28). The SMILES string of the molecule is CCc1ccc(Nc2ccc(C(=O)Nc3ccc(NC(C)=O)cc3)nn2)cc1. The Morgan fingerprint density at radius 2 is 1.39 bits per heavy atom. The van der Waals surface area contributed by atoms with Gasteiger partial charge in [-0.25, -0.2) is 0 Å². The molecule has 7 heteroatoms. The van der Waals surface area contributed by atoms with Crippen molar-refractivity contribution in [2.75, 3.05) is 16.0 Å². The molecule has 142 valence electrons. The number of carbonyl (C=O) groups excluding carboxylic acids is 2. The molecule has 0 aliphatic heterocycles. The summed E-state index contributed by atoms with van der Waals surface area (Å²) in [4.78, 5) is 23.3. The third-order valence-electron chi connectivity index (χ3n) is 3.99. The molecule has 0 aliphatic rings. The van der Waals surface area contributed by atoms with Crippen molar-refractivity contribution in [3.8, 4) is 0 Å². The van der Waals surface area contributed by atoms with Gasteiger partial charge in [0.15, 0.2) is 11.5 Å².